The average molecular weight is 317 g/mol. The fraction of sp³-hybridized carbons (Fsp3) is 0.500. The van der Waals surface area contributed by atoms with Crippen LogP contribution >= 0.6 is 11.8 Å². The molecule has 2 aliphatic rings. The molecule has 2 aliphatic heterocycles. The molecule has 22 heavy (non-hydrogen) atoms. The van der Waals surface area contributed by atoms with Crippen molar-refractivity contribution in [3.63, 3.8) is 0 Å². The summed E-state index contributed by atoms with van der Waals surface area (Å²) in [5.74, 6) is 4.78. The summed E-state index contributed by atoms with van der Waals surface area (Å²) in [6, 6.07) is 6.72. The largest absolute Gasteiger partial charge is 0.493 e. The van der Waals surface area contributed by atoms with E-state index in [4.69, 9.17) is 9.26 Å². The first-order valence-corrected chi connectivity index (χ1v) is 8.82. The van der Waals surface area contributed by atoms with Crippen LogP contribution < -0.4 is 4.74 Å². The number of aromatic nitrogens is 2. The zero-order valence-corrected chi connectivity index (χ0v) is 13.4. The number of hydrogen-bond donors (Lipinski definition) is 0. The summed E-state index contributed by atoms with van der Waals surface area (Å²) in [4.78, 5) is 6.86. The first kappa shape index (κ1) is 14.1. The molecule has 3 heterocycles. The van der Waals surface area contributed by atoms with Gasteiger partial charge in [-0.3, -0.25) is 4.90 Å². The van der Waals surface area contributed by atoms with Crippen LogP contribution in [0.1, 0.15) is 17.9 Å². The number of ether oxygens (including phenoxy) is 1. The predicted octanol–water partition coefficient (Wildman–Crippen LogP) is 2.61. The second-order valence-electron chi connectivity index (χ2n) is 5.87. The fourth-order valence-corrected chi connectivity index (χ4v) is 4.27. The molecule has 1 aromatic carbocycles. The Kier molecular flexibility index (Phi) is 3.80. The van der Waals surface area contributed by atoms with Crippen LogP contribution in [0.2, 0.25) is 0 Å². The maximum Gasteiger partial charge on any atom is 0.241 e. The molecule has 0 amide bonds. The van der Waals surface area contributed by atoms with Gasteiger partial charge in [0.25, 0.3) is 0 Å². The van der Waals surface area contributed by atoms with Crippen LogP contribution in [-0.4, -0.2) is 46.2 Å². The number of hydrogen-bond acceptors (Lipinski definition) is 6. The molecule has 1 atom stereocenters. The van der Waals surface area contributed by atoms with Crippen molar-refractivity contribution in [2.45, 2.75) is 25.4 Å². The zero-order valence-electron chi connectivity index (χ0n) is 12.6. The third-order valence-electron chi connectivity index (χ3n) is 4.33. The van der Waals surface area contributed by atoms with Gasteiger partial charge in [-0.05, 0) is 43.0 Å². The van der Waals surface area contributed by atoms with E-state index in [0.29, 0.717) is 24.3 Å². The van der Waals surface area contributed by atoms with Crippen molar-refractivity contribution in [2.75, 3.05) is 25.2 Å². The highest BCUT2D eigenvalue weighted by Gasteiger charge is 2.22. The molecule has 1 fully saturated rings. The standard InChI is InChI=1S/C16H19N3O2S/c1-19(13-5-7-22-10-13)9-15-17-16(18-21-15)12-2-3-14-11(8-12)4-6-20-14/h2-3,8,13H,4-7,9-10H2,1H3/t13-/m1/s1. The number of rotatable bonds is 4. The molecule has 116 valence electrons. The number of nitrogens with zero attached hydrogens (tertiary/aromatic N) is 3. The van der Waals surface area contributed by atoms with Crippen molar-refractivity contribution in [1.82, 2.24) is 15.0 Å². The highest BCUT2D eigenvalue weighted by Crippen LogP contribution is 2.29. The van der Waals surface area contributed by atoms with Gasteiger partial charge in [0, 0.05) is 23.8 Å². The Morgan fingerprint density at radius 3 is 3.23 bits per heavy atom. The second kappa shape index (κ2) is 5.93. The Bertz CT molecular complexity index is 667. The van der Waals surface area contributed by atoms with Crippen molar-refractivity contribution in [3.05, 3.63) is 29.7 Å². The van der Waals surface area contributed by atoms with Crippen LogP contribution in [0, 0.1) is 0 Å². The molecular weight excluding hydrogens is 298 g/mol. The lowest BCUT2D eigenvalue weighted by Gasteiger charge is -2.21. The Morgan fingerprint density at radius 2 is 2.36 bits per heavy atom. The molecule has 0 N–H and O–H groups in total. The van der Waals surface area contributed by atoms with Crippen molar-refractivity contribution in [1.29, 1.82) is 0 Å². The van der Waals surface area contributed by atoms with Crippen LogP contribution in [0.3, 0.4) is 0 Å². The Labute approximate surface area is 134 Å². The van der Waals surface area contributed by atoms with E-state index in [1.54, 1.807) is 0 Å². The zero-order chi connectivity index (χ0) is 14.9. The minimum atomic E-state index is 0.623. The summed E-state index contributed by atoms with van der Waals surface area (Å²) in [5, 5.41) is 4.13. The molecule has 0 saturated carbocycles. The van der Waals surface area contributed by atoms with E-state index >= 15 is 0 Å². The molecule has 6 heteroatoms. The third kappa shape index (κ3) is 2.73. The first-order chi connectivity index (χ1) is 10.8. The quantitative estimate of drug-likeness (QED) is 0.864. The molecule has 1 saturated heterocycles. The fourth-order valence-electron chi connectivity index (χ4n) is 2.97. The Morgan fingerprint density at radius 1 is 1.41 bits per heavy atom. The van der Waals surface area contributed by atoms with Crippen molar-refractivity contribution < 1.29 is 9.26 Å². The molecule has 0 aliphatic carbocycles. The van der Waals surface area contributed by atoms with Crippen molar-refractivity contribution in [3.8, 4) is 17.1 Å². The number of thioether (sulfide) groups is 1. The summed E-state index contributed by atoms with van der Waals surface area (Å²) in [6.45, 7) is 1.48. The van der Waals surface area contributed by atoms with Crippen LogP contribution in [-0.2, 0) is 13.0 Å². The second-order valence-corrected chi connectivity index (χ2v) is 7.02. The van der Waals surface area contributed by atoms with Crippen molar-refractivity contribution >= 4 is 11.8 Å². The van der Waals surface area contributed by atoms with Gasteiger partial charge in [-0.2, -0.15) is 16.7 Å². The van der Waals surface area contributed by atoms with E-state index in [9.17, 15) is 0 Å². The van der Waals surface area contributed by atoms with Crippen LogP contribution in [0.4, 0.5) is 0 Å². The van der Waals surface area contributed by atoms with Gasteiger partial charge in [0.15, 0.2) is 0 Å². The van der Waals surface area contributed by atoms with E-state index in [1.165, 1.54) is 23.5 Å². The highest BCUT2D eigenvalue weighted by molar-refractivity contribution is 7.99. The lowest BCUT2D eigenvalue weighted by Crippen LogP contribution is -2.30. The van der Waals surface area contributed by atoms with Gasteiger partial charge in [0.05, 0.1) is 13.2 Å². The average Bonchev–Trinajstić information content (AvgIpc) is 3.27. The van der Waals surface area contributed by atoms with E-state index < -0.39 is 0 Å². The summed E-state index contributed by atoms with van der Waals surface area (Å²) < 4.78 is 11.0. The normalized spacial score (nSPS) is 20.4. The molecule has 5 nitrogen and oxygen atoms in total. The molecule has 0 spiro atoms. The molecule has 2 aromatic rings. The molecule has 1 aromatic heterocycles. The summed E-state index contributed by atoms with van der Waals surface area (Å²) in [6.07, 6.45) is 2.20. The Hall–Kier alpha value is -1.53. The maximum absolute atomic E-state index is 5.53. The van der Waals surface area contributed by atoms with E-state index in [1.807, 2.05) is 23.9 Å². The van der Waals surface area contributed by atoms with Gasteiger partial charge in [0.2, 0.25) is 11.7 Å². The summed E-state index contributed by atoms with van der Waals surface area (Å²) >= 11 is 2.01. The van der Waals surface area contributed by atoms with Gasteiger partial charge in [-0.25, -0.2) is 0 Å². The number of benzene rings is 1. The van der Waals surface area contributed by atoms with Crippen molar-refractivity contribution in [2.24, 2.45) is 0 Å². The molecule has 0 bridgehead atoms. The van der Waals surface area contributed by atoms with E-state index in [2.05, 4.69) is 28.2 Å². The summed E-state index contributed by atoms with van der Waals surface area (Å²) in [5.41, 5.74) is 2.22. The molecule has 0 radical (unpaired) electrons. The van der Waals surface area contributed by atoms with Gasteiger partial charge in [-0.1, -0.05) is 5.16 Å². The smallest absolute Gasteiger partial charge is 0.241 e. The van der Waals surface area contributed by atoms with Gasteiger partial charge < -0.3 is 9.26 Å². The van der Waals surface area contributed by atoms with E-state index in [-0.39, 0.29) is 0 Å². The lowest BCUT2D eigenvalue weighted by atomic mass is 10.1. The van der Waals surface area contributed by atoms with Gasteiger partial charge in [0.1, 0.15) is 5.75 Å². The van der Waals surface area contributed by atoms with Crippen LogP contribution in [0.25, 0.3) is 11.4 Å². The Balaban J connectivity index is 1.49. The van der Waals surface area contributed by atoms with Crippen LogP contribution in [0.15, 0.2) is 22.7 Å². The molecule has 0 unspecified atom stereocenters. The minimum absolute atomic E-state index is 0.623. The number of fused-ring (bicyclic) bond motifs is 1. The first-order valence-electron chi connectivity index (χ1n) is 7.66. The molecule has 4 rings (SSSR count). The topological polar surface area (TPSA) is 51.4 Å². The third-order valence-corrected chi connectivity index (χ3v) is 5.47. The molecular formula is C16H19N3O2S. The van der Waals surface area contributed by atoms with Gasteiger partial charge in [-0.15, -0.1) is 0 Å². The summed E-state index contributed by atoms with van der Waals surface area (Å²) in [7, 11) is 2.13. The minimum Gasteiger partial charge on any atom is -0.493 e. The maximum atomic E-state index is 5.53. The monoisotopic (exact) mass is 317 g/mol. The highest BCUT2D eigenvalue weighted by atomic mass is 32.2. The van der Waals surface area contributed by atoms with Gasteiger partial charge >= 0.3 is 0 Å². The SMILES string of the molecule is CN(Cc1nc(-c2ccc3c(c2)CCO3)no1)[C@@H]1CCSC1. The lowest BCUT2D eigenvalue weighted by molar-refractivity contribution is 0.218. The predicted molar refractivity (Wildman–Crippen MR) is 86.1 cm³/mol. The van der Waals surface area contributed by atoms with E-state index in [0.717, 1.165) is 24.3 Å². The van der Waals surface area contributed by atoms with Crippen LogP contribution in [0.5, 0.6) is 5.75 Å².